The minimum absolute atomic E-state index is 0.320. The van der Waals surface area contributed by atoms with Crippen molar-refractivity contribution in [3.05, 3.63) is 35.1 Å². The summed E-state index contributed by atoms with van der Waals surface area (Å²) in [7, 11) is 0. The second kappa shape index (κ2) is 2.81. The molecule has 0 aromatic rings. The molecular formula is C11H14O. The van der Waals surface area contributed by atoms with E-state index in [1.807, 2.05) is 0 Å². The van der Waals surface area contributed by atoms with E-state index in [4.69, 9.17) is 4.74 Å². The molecular weight excluding hydrogens is 148 g/mol. The van der Waals surface area contributed by atoms with Gasteiger partial charge >= 0.3 is 0 Å². The Balaban J connectivity index is 2.21. The lowest BCUT2D eigenvalue weighted by Crippen LogP contribution is -2.00. The number of hydrogen-bond acceptors (Lipinski definition) is 1. The van der Waals surface area contributed by atoms with Gasteiger partial charge in [0.05, 0.1) is 0 Å². The first kappa shape index (κ1) is 7.66. The van der Waals surface area contributed by atoms with Crippen LogP contribution in [0.2, 0.25) is 0 Å². The van der Waals surface area contributed by atoms with E-state index in [0.29, 0.717) is 6.10 Å². The topological polar surface area (TPSA) is 9.23 Å². The third kappa shape index (κ3) is 1.09. The van der Waals surface area contributed by atoms with Crippen molar-refractivity contribution in [2.75, 3.05) is 0 Å². The van der Waals surface area contributed by atoms with Crippen molar-refractivity contribution in [1.82, 2.24) is 0 Å². The molecule has 1 heteroatoms. The Kier molecular flexibility index (Phi) is 1.80. The monoisotopic (exact) mass is 162 g/mol. The Hall–Kier alpha value is -0.980. The van der Waals surface area contributed by atoms with Crippen LogP contribution in [0.15, 0.2) is 35.1 Å². The highest BCUT2D eigenvalue weighted by Crippen LogP contribution is 2.33. The molecule has 12 heavy (non-hydrogen) atoms. The van der Waals surface area contributed by atoms with Crippen molar-refractivity contribution < 1.29 is 4.74 Å². The molecule has 0 aromatic carbocycles. The molecule has 0 fully saturated rings. The van der Waals surface area contributed by atoms with Gasteiger partial charge in [0.25, 0.3) is 0 Å². The molecule has 1 heterocycles. The fourth-order valence-corrected chi connectivity index (χ4v) is 1.60. The highest BCUT2D eigenvalue weighted by atomic mass is 16.5. The van der Waals surface area contributed by atoms with Gasteiger partial charge in [-0.05, 0) is 36.6 Å². The zero-order valence-corrected chi connectivity index (χ0v) is 7.63. The minimum atomic E-state index is 0.320. The average Bonchev–Trinajstić information content (AvgIpc) is 2.59. The molecule has 1 aliphatic heterocycles. The minimum Gasteiger partial charge on any atom is -0.486 e. The van der Waals surface area contributed by atoms with Crippen LogP contribution in [-0.4, -0.2) is 6.10 Å². The molecule has 1 aliphatic carbocycles. The lowest BCUT2D eigenvalue weighted by atomic mass is 10.2. The van der Waals surface area contributed by atoms with Crippen molar-refractivity contribution in [2.45, 2.75) is 32.8 Å². The van der Waals surface area contributed by atoms with Crippen LogP contribution in [0, 0.1) is 0 Å². The van der Waals surface area contributed by atoms with E-state index in [9.17, 15) is 0 Å². The van der Waals surface area contributed by atoms with Crippen molar-refractivity contribution in [3.63, 3.8) is 0 Å². The summed E-state index contributed by atoms with van der Waals surface area (Å²) in [6.45, 7) is 4.32. The largest absolute Gasteiger partial charge is 0.486 e. The molecule has 0 amide bonds. The second-order valence-corrected chi connectivity index (χ2v) is 3.27. The summed E-state index contributed by atoms with van der Waals surface area (Å²) in [5, 5.41) is 0. The van der Waals surface area contributed by atoms with Crippen LogP contribution in [0.5, 0.6) is 0 Å². The molecule has 0 saturated heterocycles. The Morgan fingerprint density at radius 2 is 2.17 bits per heavy atom. The quantitative estimate of drug-likeness (QED) is 0.606. The number of fused-ring (bicyclic) bond motifs is 1. The molecule has 0 N–H and O–H groups in total. The van der Waals surface area contributed by atoms with E-state index < -0.39 is 0 Å². The Morgan fingerprint density at radius 3 is 2.75 bits per heavy atom. The maximum atomic E-state index is 5.68. The molecule has 0 radical (unpaired) electrons. The standard InChI is InChI=1S/C11H14O/c1-3-8-5-9-7-10(4-2)12-11(9)6-8/h5-7,10H,3-4H2,1-2H3. The van der Waals surface area contributed by atoms with Gasteiger partial charge in [-0.3, -0.25) is 0 Å². The molecule has 64 valence electrons. The van der Waals surface area contributed by atoms with Gasteiger partial charge < -0.3 is 4.74 Å². The third-order valence-electron chi connectivity index (χ3n) is 2.40. The van der Waals surface area contributed by atoms with Crippen LogP contribution in [0.25, 0.3) is 0 Å². The maximum absolute atomic E-state index is 5.68. The van der Waals surface area contributed by atoms with Crippen LogP contribution in [0.3, 0.4) is 0 Å². The van der Waals surface area contributed by atoms with E-state index in [2.05, 4.69) is 32.1 Å². The molecule has 1 atom stereocenters. The first-order valence-electron chi connectivity index (χ1n) is 4.64. The van der Waals surface area contributed by atoms with Crippen LogP contribution in [-0.2, 0) is 4.74 Å². The van der Waals surface area contributed by atoms with E-state index in [-0.39, 0.29) is 0 Å². The molecule has 1 unspecified atom stereocenters. The lowest BCUT2D eigenvalue weighted by Gasteiger charge is -2.05. The lowest BCUT2D eigenvalue weighted by molar-refractivity contribution is 0.177. The number of hydrogen-bond donors (Lipinski definition) is 0. The summed E-state index contributed by atoms with van der Waals surface area (Å²) in [6.07, 6.45) is 9.08. The first-order valence-corrected chi connectivity index (χ1v) is 4.64. The molecule has 1 nitrogen and oxygen atoms in total. The summed E-state index contributed by atoms with van der Waals surface area (Å²) < 4.78 is 5.68. The van der Waals surface area contributed by atoms with Gasteiger partial charge in [-0.1, -0.05) is 13.8 Å². The zero-order valence-electron chi connectivity index (χ0n) is 7.63. The second-order valence-electron chi connectivity index (χ2n) is 3.27. The van der Waals surface area contributed by atoms with Crippen molar-refractivity contribution >= 4 is 0 Å². The van der Waals surface area contributed by atoms with Gasteiger partial charge in [-0.25, -0.2) is 0 Å². The smallest absolute Gasteiger partial charge is 0.127 e. The molecule has 0 aromatic heterocycles. The zero-order chi connectivity index (χ0) is 8.55. The van der Waals surface area contributed by atoms with Gasteiger partial charge in [-0.2, -0.15) is 0 Å². The average molecular weight is 162 g/mol. The molecule has 0 spiro atoms. The molecule has 0 bridgehead atoms. The van der Waals surface area contributed by atoms with Gasteiger partial charge in [0.2, 0.25) is 0 Å². The number of rotatable bonds is 2. The van der Waals surface area contributed by atoms with Crippen molar-refractivity contribution in [3.8, 4) is 0 Å². The summed E-state index contributed by atoms with van der Waals surface area (Å²) in [5.74, 6) is 1.08. The molecule has 2 rings (SSSR count). The van der Waals surface area contributed by atoms with Gasteiger partial charge in [0.15, 0.2) is 0 Å². The van der Waals surface area contributed by atoms with E-state index >= 15 is 0 Å². The summed E-state index contributed by atoms with van der Waals surface area (Å²) in [5.41, 5.74) is 2.67. The Labute approximate surface area is 73.4 Å². The van der Waals surface area contributed by atoms with Gasteiger partial charge in [0, 0.05) is 5.57 Å². The fraction of sp³-hybridized carbons (Fsp3) is 0.455. The van der Waals surface area contributed by atoms with Crippen LogP contribution in [0.4, 0.5) is 0 Å². The maximum Gasteiger partial charge on any atom is 0.127 e. The predicted molar refractivity (Wildman–Crippen MR) is 49.7 cm³/mol. The van der Waals surface area contributed by atoms with Crippen LogP contribution in [0.1, 0.15) is 26.7 Å². The first-order chi connectivity index (χ1) is 5.83. The normalized spacial score (nSPS) is 25.8. The van der Waals surface area contributed by atoms with Crippen molar-refractivity contribution in [2.24, 2.45) is 0 Å². The third-order valence-corrected chi connectivity index (χ3v) is 2.40. The van der Waals surface area contributed by atoms with Gasteiger partial charge in [-0.15, -0.1) is 0 Å². The van der Waals surface area contributed by atoms with Crippen LogP contribution < -0.4 is 0 Å². The number of ether oxygens (including phenoxy) is 1. The molecule has 0 saturated carbocycles. The molecule has 2 aliphatic rings. The highest BCUT2D eigenvalue weighted by molar-refractivity contribution is 5.52. The van der Waals surface area contributed by atoms with E-state index in [1.54, 1.807) is 0 Å². The van der Waals surface area contributed by atoms with Crippen molar-refractivity contribution in [1.29, 1.82) is 0 Å². The Bertz CT molecular complexity index is 281. The SMILES string of the molecule is CCC1=CC2=CC(CC)OC2=C1. The summed E-state index contributed by atoms with van der Waals surface area (Å²) in [4.78, 5) is 0. The summed E-state index contributed by atoms with van der Waals surface area (Å²) >= 11 is 0. The van der Waals surface area contributed by atoms with E-state index in [0.717, 1.165) is 18.6 Å². The Morgan fingerprint density at radius 1 is 1.33 bits per heavy atom. The number of allylic oxidation sites excluding steroid dienone is 3. The van der Waals surface area contributed by atoms with Crippen LogP contribution >= 0.6 is 0 Å². The fourth-order valence-electron chi connectivity index (χ4n) is 1.60. The highest BCUT2D eigenvalue weighted by Gasteiger charge is 2.22. The summed E-state index contributed by atoms with van der Waals surface area (Å²) in [6, 6.07) is 0. The predicted octanol–water partition coefficient (Wildman–Crippen LogP) is 2.96. The van der Waals surface area contributed by atoms with Gasteiger partial charge in [0.1, 0.15) is 11.9 Å². The van der Waals surface area contributed by atoms with E-state index in [1.165, 1.54) is 11.1 Å².